The summed E-state index contributed by atoms with van der Waals surface area (Å²) in [6.45, 7) is 11.3. The summed E-state index contributed by atoms with van der Waals surface area (Å²) < 4.78 is 11.5. The van der Waals surface area contributed by atoms with Crippen molar-refractivity contribution >= 4 is 11.6 Å². The van der Waals surface area contributed by atoms with Gasteiger partial charge >= 0.3 is 0 Å². The number of amides is 1. The van der Waals surface area contributed by atoms with Gasteiger partial charge in [0, 0.05) is 12.3 Å². The third kappa shape index (κ3) is 6.16. The van der Waals surface area contributed by atoms with Crippen molar-refractivity contribution in [3.63, 3.8) is 0 Å². The van der Waals surface area contributed by atoms with Crippen molar-refractivity contribution in [3.05, 3.63) is 23.8 Å². The van der Waals surface area contributed by atoms with E-state index in [2.05, 4.69) is 19.2 Å². The Labute approximate surface area is 146 Å². The van der Waals surface area contributed by atoms with E-state index in [-0.39, 0.29) is 5.91 Å². The second kappa shape index (κ2) is 10.3. The quantitative estimate of drug-likeness (QED) is 0.572. The van der Waals surface area contributed by atoms with E-state index in [4.69, 9.17) is 9.47 Å². The summed E-state index contributed by atoms with van der Waals surface area (Å²) in [5, 5.41) is 3.00. The molecule has 0 aliphatic carbocycles. The molecule has 4 nitrogen and oxygen atoms in total. The smallest absolute Gasteiger partial charge is 0.256 e. The Morgan fingerprint density at radius 1 is 1.17 bits per heavy atom. The summed E-state index contributed by atoms with van der Waals surface area (Å²) in [4.78, 5) is 12.7. The van der Waals surface area contributed by atoms with Crippen LogP contribution in [0.2, 0.25) is 0 Å². The lowest BCUT2D eigenvalue weighted by Crippen LogP contribution is -2.42. The average Bonchev–Trinajstić information content (AvgIpc) is 2.54. The summed E-state index contributed by atoms with van der Waals surface area (Å²) in [7, 11) is 0. The van der Waals surface area contributed by atoms with Crippen molar-refractivity contribution in [2.45, 2.75) is 72.3 Å². The number of hydrogen-bond donors (Lipinski definition) is 1. The highest BCUT2D eigenvalue weighted by Gasteiger charge is 2.33. The van der Waals surface area contributed by atoms with E-state index in [1.54, 1.807) is 0 Å². The second-order valence-corrected chi connectivity index (χ2v) is 6.40. The monoisotopic (exact) mass is 335 g/mol. The summed E-state index contributed by atoms with van der Waals surface area (Å²) >= 11 is 0. The normalized spacial score (nSPS) is 13.4. The van der Waals surface area contributed by atoms with Gasteiger partial charge in [0.1, 0.15) is 11.4 Å². The maximum Gasteiger partial charge on any atom is 0.256 e. The van der Waals surface area contributed by atoms with Gasteiger partial charge in [-0.25, -0.2) is 0 Å². The topological polar surface area (TPSA) is 47.6 Å². The molecular weight excluding hydrogens is 302 g/mol. The van der Waals surface area contributed by atoms with Crippen LogP contribution in [0.5, 0.6) is 5.75 Å². The molecule has 0 aliphatic rings. The van der Waals surface area contributed by atoms with Crippen LogP contribution in [0, 0.1) is 6.92 Å². The second-order valence-electron chi connectivity index (χ2n) is 6.40. The van der Waals surface area contributed by atoms with Crippen molar-refractivity contribution in [2.75, 3.05) is 18.5 Å². The summed E-state index contributed by atoms with van der Waals surface area (Å²) in [5.41, 5.74) is 1.02. The third-order valence-corrected chi connectivity index (χ3v) is 4.10. The fourth-order valence-corrected chi connectivity index (χ4v) is 2.65. The van der Waals surface area contributed by atoms with Gasteiger partial charge in [-0.1, -0.05) is 33.1 Å². The molecule has 0 aromatic heterocycles. The van der Waals surface area contributed by atoms with Gasteiger partial charge in [-0.3, -0.25) is 4.79 Å². The average molecular weight is 335 g/mol. The van der Waals surface area contributed by atoms with E-state index in [0.717, 1.165) is 49.1 Å². The Morgan fingerprint density at radius 3 is 2.50 bits per heavy atom. The fourth-order valence-electron chi connectivity index (χ4n) is 2.65. The molecule has 1 atom stereocenters. The van der Waals surface area contributed by atoms with Crippen LogP contribution in [-0.2, 0) is 9.53 Å². The number of hydrogen-bond acceptors (Lipinski definition) is 3. The lowest BCUT2D eigenvalue weighted by atomic mass is 9.96. The molecule has 24 heavy (non-hydrogen) atoms. The number of nitrogens with one attached hydrogen (secondary N) is 1. The maximum atomic E-state index is 12.7. The molecule has 136 valence electrons. The Bertz CT molecular complexity index is 516. The summed E-state index contributed by atoms with van der Waals surface area (Å²) in [6.07, 6.45) is 4.93. The van der Waals surface area contributed by atoms with Crippen LogP contribution >= 0.6 is 0 Å². The molecule has 0 saturated carbocycles. The Morgan fingerprint density at radius 2 is 1.92 bits per heavy atom. The van der Waals surface area contributed by atoms with Crippen molar-refractivity contribution < 1.29 is 14.3 Å². The van der Waals surface area contributed by atoms with Gasteiger partial charge in [0.2, 0.25) is 0 Å². The Balaban J connectivity index is 2.77. The first-order valence-electron chi connectivity index (χ1n) is 9.15. The molecule has 1 aromatic rings. The zero-order valence-electron chi connectivity index (χ0n) is 15.9. The molecule has 1 amide bonds. The molecule has 1 N–H and O–H groups in total. The van der Waals surface area contributed by atoms with E-state index in [9.17, 15) is 4.79 Å². The minimum Gasteiger partial charge on any atom is -0.493 e. The first-order valence-corrected chi connectivity index (χ1v) is 9.15. The molecule has 0 spiro atoms. The van der Waals surface area contributed by atoms with Crippen molar-refractivity contribution in [2.24, 2.45) is 0 Å². The number of aryl methyl sites for hydroxylation is 1. The van der Waals surface area contributed by atoms with Crippen LogP contribution in [0.25, 0.3) is 0 Å². The van der Waals surface area contributed by atoms with Crippen LogP contribution in [0.3, 0.4) is 0 Å². The highest BCUT2D eigenvalue weighted by molar-refractivity contribution is 5.97. The summed E-state index contributed by atoms with van der Waals surface area (Å²) in [6, 6.07) is 5.74. The predicted molar refractivity (Wildman–Crippen MR) is 99.8 cm³/mol. The fraction of sp³-hybridized carbons (Fsp3) is 0.650. The molecule has 0 saturated heterocycles. The molecule has 0 heterocycles. The molecule has 4 heteroatoms. The number of ether oxygens (including phenoxy) is 2. The number of benzene rings is 1. The third-order valence-electron chi connectivity index (χ3n) is 4.10. The van der Waals surface area contributed by atoms with Gasteiger partial charge in [0.15, 0.2) is 0 Å². The van der Waals surface area contributed by atoms with E-state index < -0.39 is 5.60 Å². The number of anilines is 1. The van der Waals surface area contributed by atoms with Crippen molar-refractivity contribution in [1.82, 2.24) is 0 Å². The first kappa shape index (κ1) is 20.5. The van der Waals surface area contributed by atoms with Gasteiger partial charge in [-0.15, -0.1) is 0 Å². The molecule has 1 unspecified atom stereocenters. The van der Waals surface area contributed by atoms with Crippen LogP contribution in [-0.4, -0.2) is 24.7 Å². The van der Waals surface area contributed by atoms with E-state index in [1.807, 2.05) is 39.0 Å². The van der Waals surface area contributed by atoms with Gasteiger partial charge in [-0.05, 0) is 57.4 Å². The zero-order valence-corrected chi connectivity index (χ0v) is 15.9. The van der Waals surface area contributed by atoms with Gasteiger partial charge in [-0.2, -0.15) is 0 Å². The number of carbonyl (C=O) groups is 1. The molecule has 0 aliphatic heterocycles. The predicted octanol–water partition coefficient (Wildman–Crippen LogP) is 5.10. The highest BCUT2D eigenvalue weighted by Crippen LogP contribution is 2.25. The van der Waals surface area contributed by atoms with Gasteiger partial charge < -0.3 is 14.8 Å². The van der Waals surface area contributed by atoms with Crippen molar-refractivity contribution in [3.8, 4) is 5.75 Å². The Hall–Kier alpha value is -1.55. The molecule has 1 rings (SSSR count). The standard InChI is InChI=1S/C20H33NO3/c1-6-9-10-13-20(5,24-8-3)19(22)21-17-11-12-18(16(4)15-17)23-14-7-2/h11-12,15H,6-10,13-14H2,1-5H3,(H,21,22). The number of rotatable bonds is 11. The molecule has 0 fully saturated rings. The maximum absolute atomic E-state index is 12.7. The molecule has 1 aromatic carbocycles. The minimum atomic E-state index is -0.783. The van der Waals surface area contributed by atoms with Crippen LogP contribution < -0.4 is 10.1 Å². The van der Waals surface area contributed by atoms with Crippen LogP contribution in [0.4, 0.5) is 5.69 Å². The minimum absolute atomic E-state index is 0.0814. The Kier molecular flexibility index (Phi) is 8.83. The summed E-state index contributed by atoms with van der Waals surface area (Å²) in [5.74, 6) is 0.785. The largest absolute Gasteiger partial charge is 0.493 e. The zero-order chi connectivity index (χ0) is 18.0. The number of carbonyl (C=O) groups excluding carboxylic acids is 1. The first-order chi connectivity index (χ1) is 11.5. The van der Waals surface area contributed by atoms with Gasteiger partial charge in [0.25, 0.3) is 5.91 Å². The van der Waals surface area contributed by atoms with E-state index in [0.29, 0.717) is 13.2 Å². The molecule has 0 radical (unpaired) electrons. The van der Waals surface area contributed by atoms with Crippen LogP contribution in [0.15, 0.2) is 18.2 Å². The van der Waals surface area contributed by atoms with E-state index in [1.165, 1.54) is 0 Å². The van der Waals surface area contributed by atoms with Gasteiger partial charge in [0.05, 0.1) is 6.61 Å². The van der Waals surface area contributed by atoms with Crippen LogP contribution in [0.1, 0.15) is 65.4 Å². The van der Waals surface area contributed by atoms with Crippen molar-refractivity contribution in [1.29, 1.82) is 0 Å². The molecule has 0 bridgehead atoms. The SMILES string of the molecule is CCCCCC(C)(OCC)C(=O)Nc1ccc(OCCC)c(C)c1. The lowest BCUT2D eigenvalue weighted by molar-refractivity contribution is -0.139. The van der Waals surface area contributed by atoms with E-state index >= 15 is 0 Å². The molecular formula is C20H33NO3. The lowest BCUT2D eigenvalue weighted by Gasteiger charge is -2.28. The highest BCUT2D eigenvalue weighted by atomic mass is 16.5. The number of unbranched alkanes of at least 4 members (excludes halogenated alkanes) is 2.